The molecule has 176 valence electrons. The van der Waals surface area contributed by atoms with Gasteiger partial charge in [0.05, 0.1) is 49.9 Å². The highest BCUT2D eigenvalue weighted by Gasteiger charge is 2.33. The number of hydrogen-bond donors (Lipinski definition) is 1. The van der Waals surface area contributed by atoms with E-state index in [9.17, 15) is 4.79 Å². The Kier molecular flexibility index (Phi) is 6.62. The number of nitrogens with zero attached hydrogens (tertiary/aromatic N) is 2. The van der Waals surface area contributed by atoms with Gasteiger partial charge in [-0.3, -0.25) is 4.79 Å². The van der Waals surface area contributed by atoms with Crippen LogP contribution in [0.25, 0.3) is 0 Å². The van der Waals surface area contributed by atoms with Crippen LogP contribution in [-0.4, -0.2) is 42.9 Å². The van der Waals surface area contributed by atoms with E-state index in [2.05, 4.69) is 36.3 Å². The molecule has 7 heteroatoms. The van der Waals surface area contributed by atoms with E-state index in [-0.39, 0.29) is 30.1 Å². The Labute approximate surface area is 195 Å². The molecular formula is C26H33N3O4. The van der Waals surface area contributed by atoms with E-state index in [1.54, 1.807) is 6.20 Å². The molecule has 1 amide bonds. The maximum atomic E-state index is 13.9. The van der Waals surface area contributed by atoms with Crippen molar-refractivity contribution in [2.75, 3.05) is 30.0 Å². The first-order valence-electron chi connectivity index (χ1n) is 12.1. The van der Waals surface area contributed by atoms with Gasteiger partial charge in [-0.2, -0.15) is 0 Å². The topological polar surface area (TPSA) is 72.9 Å². The SMILES string of the molecule is CC(C)OC1CCC(C(=O)N2Cc3cccnc3Nc3ccc(C4COCCO4)cc32)CC1. The molecule has 1 aliphatic carbocycles. The maximum Gasteiger partial charge on any atom is 0.230 e. The number of carbonyl (C=O) groups excluding carboxylic acids is 1. The van der Waals surface area contributed by atoms with E-state index in [0.717, 1.165) is 54.0 Å². The van der Waals surface area contributed by atoms with Gasteiger partial charge in [0.15, 0.2) is 0 Å². The summed E-state index contributed by atoms with van der Waals surface area (Å²) in [7, 11) is 0. The van der Waals surface area contributed by atoms with Crippen LogP contribution in [0.2, 0.25) is 0 Å². The molecule has 2 aliphatic heterocycles. The Morgan fingerprint density at radius 2 is 2.03 bits per heavy atom. The van der Waals surface area contributed by atoms with Gasteiger partial charge in [-0.15, -0.1) is 0 Å². The summed E-state index contributed by atoms with van der Waals surface area (Å²) in [6.45, 7) is 6.38. The molecule has 7 nitrogen and oxygen atoms in total. The molecule has 3 aliphatic rings. The zero-order chi connectivity index (χ0) is 22.8. The average molecular weight is 452 g/mol. The minimum atomic E-state index is -0.117. The first-order valence-corrected chi connectivity index (χ1v) is 12.1. The number of pyridine rings is 1. The van der Waals surface area contributed by atoms with Crippen LogP contribution in [0.5, 0.6) is 0 Å². The van der Waals surface area contributed by atoms with E-state index in [0.29, 0.717) is 26.4 Å². The number of ether oxygens (including phenoxy) is 3. The van der Waals surface area contributed by atoms with Crippen LogP contribution >= 0.6 is 0 Å². The lowest BCUT2D eigenvalue weighted by Crippen LogP contribution is -2.38. The highest BCUT2D eigenvalue weighted by molar-refractivity contribution is 5.99. The second-order valence-corrected chi connectivity index (χ2v) is 9.43. The summed E-state index contributed by atoms with van der Waals surface area (Å²) >= 11 is 0. The van der Waals surface area contributed by atoms with Crippen LogP contribution in [0.1, 0.15) is 56.8 Å². The molecule has 1 aromatic heterocycles. The zero-order valence-electron chi connectivity index (χ0n) is 19.5. The van der Waals surface area contributed by atoms with E-state index >= 15 is 0 Å². The van der Waals surface area contributed by atoms with Crippen LogP contribution in [0.4, 0.5) is 17.2 Å². The Bertz CT molecular complexity index is 981. The number of rotatable bonds is 4. The third-order valence-corrected chi connectivity index (χ3v) is 6.73. The van der Waals surface area contributed by atoms with Crippen LogP contribution in [0.15, 0.2) is 36.5 Å². The fraction of sp³-hybridized carbons (Fsp3) is 0.538. The molecule has 1 N–H and O–H groups in total. The van der Waals surface area contributed by atoms with Crippen molar-refractivity contribution in [3.05, 3.63) is 47.7 Å². The molecule has 3 heterocycles. The van der Waals surface area contributed by atoms with Gasteiger partial charge >= 0.3 is 0 Å². The van der Waals surface area contributed by atoms with Crippen molar-refractivity contribution in [1.82, 2.24) is 4.98 Å². The van der Waals surface area contributed by atoms with E-state index < -0.39 is 0 Å². The fourth-order valence-electron chi connectivity index (χ4n) is 5.07. The highest BCUT2D eigenvalue weighted by Crippen LogP contribution is 2.39. The molecule has 1 atom stereocenters. The third-order valence-electron chi connectivity index (χ3n) is 6.73. The van der Waals surface area contributed by atoms with E-state index in [4.69, 9.17) is 14.2 Å². The number of anilines is 3. The average Bonchev–Trinajstić information content (AvgIpc) is 3.00. The molecule has 2 fully saturated rings. The van der Waals surface area contributed by atoms with Gasteiger partial charge in [-0.1, -0.05) is 12.1 Å². The predicted octanol–water partition coefficient (Wildman–Crippen LogP) is 4.74. The van der Waals surface area contributed by atoms with Gasteiger partial charge in [0, 0.05) is 17.7 Å². The zero-order valence-corrected chi connectivity index (χ0v) is 19.5. The van der Waals surface area contributed by atoms with Crippen molar-refractivity contribution in [3.8, 4) is 0 Å². The molecule has 0 radical (unpaired) electrons. The lowest BCUT2D eigenvalue weighted by atomic mass is 9.86. The van der Waals surface area contributed by atoms with Crippen LogP contribution in [0.3, 0.4) is 0 Å². The lowest BCUT2D eigenvalue weighted by molar-refractivity contribution is -0.124. The maximum absolute atomic E-state index is 13.9. The van der Waals surface area contributed by atoms with Gasteiger partial charge in [-0.25, -0.2) is 4.98 Å². The Morgan fingerprint density at radius 3 is 2.79 bits per heavy atom. The van der Waals surface area contributed by atoms with Gasteiger partial charge in [-0.05, 0) is 63.3 Å². The van der Waals surface area contributed by atoms with Crippen molar-refractivity contribution in [3.63, 3.8) is 0 Å². The molecule has 0 spiro atoms. The summed E-state index contributed by atoms with van der Waals surface area (Å²) in [5.74, 6) is 0.977. The summed E-state index contributed by atoms with van der Waals surface area (Å²) in [6, 6.07) is 10.1. The van der Waals surface area contributed by atoms with Crippen molar-refractivity contribution in [2.45, 2.75) is 64.4 Å². The number of aromatic nitrogens is 1. The Hall–Kier alpha value is -2.48. The molecule has 1 saturated carbocycles. The number of nitrogens with one attached hydrogen (secondary N) is 1. The summed E-state index contributed by atoms with van der Waals surface area (Å²) in [5, 5.41) is 3.45. The summed E-state index contributed by atoms with van der Waals surface area (Å²) < 4.78 is 17.5. The Balaban J connectivity index is 1.43. The van der Waals surface area contributed by atoms with Crippen molar-refractivity contribution in [2.24, 2.45) is 5.92 Å². The standard InChI is InChI=1S/C26H33N3O4/c1-17(2)33-21-8-5-18(6-9-21)26(30)29-15-20-4-3-11-27-25(20)28-22-10-7-19(14-23(22)29)24-16-31-12-13-32-24/h3-4,7,10-11,14,17-18,21,24H,5-6,8-9,12-13,15-16H2,1-2H3,(H,27,28). The molecule has 0 bridgehead atoms. The first-order chi connectivity index (χ1) is 16.1. The number of fused-ring (bicyclic) bond motifs is 2. The predicted molar refractivity (Wildman–Crippen MR) is 127 cm³/mol. The molecule has 33 heavy (non-hydrogen) atoms. The number of carbonyl (C=O) groups is 1. The monoisotopic (exact) mass is 451 g/mol. The molecular weight excluding hydrogens is 418 g/mol. The van der Waals surface area contributed by atoms with Crippen molar-refractivity contribution in [1.29, 1.82) is 0 Å². The van der Waals surface area contributed by atoms with Gasteiger partial charge in [0.25, 0.3) is 0 Å². The van der Waals surface area contributed by atoms with Gasteiger partial charge < -0.3 is 24.4 Å². The summed E-state index contributed by atoms with van der Waals surface area (Å²) in [6.07, 6.45) is 5.71. The minimum absolute atomic E-state index is 0.000929. The fourth-order valence-corrected chi connectivity index (χ4v) is 5.07. The molecule has 1 unspecified atom stereocenters. The molecule has 1 aromatic carbocycles. The summed E-state index contributed by atoms with van der Waals surface area (Å²) in [5.41, 5.74) is 3.81. The van der Waals surface area contributed by atoms with Gasteiger partial charge in [0.1, 0.15) is 11.9 Å². The highest BCUT2D eigenvalue weighted by atomic mass is 16.6. The molecule has 2 aromatic rings. The van der Waals surface area contributed by atoms with Crippen LogP contribution in [-0.2, 0) is 25.5 Å². The van der Waals surface area contributed by atoms with Gasteiger partial charge in [0.2, 0.25) is 5.91 Å². The second kappa shape index (κ2) is 9.79. The van der Waals surface area contributed by atoms with Crippen molar-refractivity contribution < 1.29 is 19.0 Å². The van der Waals surface area contributed by atoms with E-state index in [1.165, 1.54) is 0 Å². The van der Waals surface area contributed by atoms with Crippen LogP contribution < -0.4 is 10.2 Å². The second-order valence-electron chi connectivity index (χ2n) is 9.43. The largest absolute Gasteiger partial charge is 0.376 e. The van der Waals surface area contributed by atoms with Crippen molar-refractivity contribution >= 4 is 23.1 Å². The Morgan fingerprint density at radius 1 is 1.18 bits per heavy atom. The smallest absolute Gasteiger partial charge is 0.230 e. The third kappa shape index (κ3) is 4.90. The molecule has 5 rings (SSSR count). The minimum Gasteiger partial charge on any atom is -0.376 e. The summed E-state index contributed by atoms with van der Waals surface area (Å²) in [4.78, 5) is 20.3. The van der Waals surface area contributed by atoms with Crippen LogP contribution in [0, 0.1) is 5.92 Å². The quantitative estimate of drug-likeness (QED) is 0.724. The number of benzene rings is 1. The van der Waals surface area contributed by atoms with E-state index in [1.807, 2.05) is 23.1 Å². The number of amides is 1. The number of hydrogen-bond acceptors (Lipinski definition) is 6. The first kappa shape index (κ1) is 22.3. The molecule has 1 saturated heterocycles. The lowest BCUT2D eigenvalue weighted by Gasteiger charge is -2.33. The normalized spacial score (nSPS) is 25.1.